The van der Waals surface area contributed by atoms with E-state index in [1.165, 1.54) is 4.90 Å². The Morgan fingerprint density at radius 1 is 0.944 bits per heavy atom. The van der Waals surface area contributed by atoms with Crippen LogP contribution in [-0.2, 0) is 0 Å². The summed E-state index contributed by atoms with van der Waals surface area (Å²) in [6.45, 7) is 5.60. The van der Waals surface area contributed by atoms with Crippen LogP contribution in [0.25, 0.3) is 10.9 Å². The van der Waals surface area contributed by atoms with Gasteiger partial charge in [0.2, 0.25) is 0 Å². The Morgan fingerprint density at radius 3 is 2.31 bits per heavy atom. The van der Waals surface area contributed by atoms with Crippen LogP contribution >= 0.6 is 11.6 Å². The number of amides is 1. The highest BCUT2D eigenvalue weighted by molar-refractivity contribution is 6.31. The number of hydrogen-bond acceptors (Lipinski definition) is 5. The molecule has 0 aliphatic carbocycles. The van der Waals surface area contributed by atoms with E-state index in [-0.39, 0.29) is 0 Å². The third kappa shape index (κ3) is 4.62. The van der Waals surface area contributed by atoms with E-state index in [2.05, 4.69) is 4.98 Å². The summed E-state index contributed by atoms with van der Waals surface area (Å²) < 4.78 is 17.1. The molecule has 1 atom stereocenters. The summed E-state index contributed by atoms with van der Waals surface area (Å²) in [7, 11) is 3.15. The maximum Gasteiger partial charge on any atom is 0.412 e. The molecule has 4 aromatic rings. The van der Waals surface area contributed by atoms with Gasteiger partial charge in [-0.1, -0.05) is 29.8 Å². The summed E-state index contributed by atoms with van der Waals surface area (Å²) in [4.78, 5) is 18.1. The molecule has 0 fully saturated rings. The van der Waals surface area contributed by atoms with Gasteiger partial charge < -0.3 is 19.3 Å². The second kappa shape index (κ2) is 10.3. The lowest BCUT2D eigenvalue weighted by atomic mass is 10.0. The van der Waals surface area contributed by atoms with E-state index in [1.54, 1.807) is 50.7 Å². The normalized spacial score (nSPS) is 11.7. The summed E-state index contributed by atoms with van der Waals surface area (Å²) in [5, 5.41) is 11.4. The Bertz CT molecular complexity index is 1440. The van der Waals surface area contributed by atoms with Gasteiger partial charge in [0, 0.05) is 22.7 Å². The third-order valence-electron chi connectivity index (χ3n) is 6.34. The number of aromatic nitrogens is 1. The minimum atomic E-state index is -1.07. The van der Waals surface area contributed by atoms with Crippen molar-refractivity contribution in [1.29, 1.82) is 0 Å². The van der Waals surface area contributed by atoms with Gasteiger partial charge in [0.25, 0.3) is 0 Å². The van der Waals surface area contributed by atoms with Crippen LogP contribution in [0.2, 0.25) is 5.02 Å². The zero-order valence-electron chi connectivity index (χ0n) is 20.7. The zero-order chi connectivity index (χ0) is 26.0. The molecular formula is C28H27ClN2O5. The molecule has 4 rings (SSSR count). The van der Waals surface area contributed by atoms with Gasteiger partial charge in [0.05, 0.1) is 31.5 Å². The van der Waals surface area contributed by atoms with Crippen molar-refractivity contribution in [2.45, 2.75) is 26.8 Å². The molecule has 0 spiro atoms. The molecular weight excluding hydrogens is 480 g/mol. The van der Waals surface area contributed by atoms with E-state index >= 15 is 0 Å². The van der Waals surface area contributed by atoms with E-state index in [1.807, 2.05) is 45.0 Å². The fraction of sp³-hybridized carbons (Fsp3) is 0.214. The molecule has 0 aliphatic rings. The quantitative estimate of drug-likeness (QED) is 0.278. The number of hydrogen-bond donors (Lipinski definition) is 1. The lowest BCUT2D eigenvalue weighted by molar-refractivity contribution is 0.199. The maximum atomic E-state index is 12.3. The highest BCUT2D eigenvalue weighted by atomic mass is 35.5. The summed E-state index contributed by atoms with van der Waals surface area (Å²) in [6.07, 6.45) is 0.595. The fourth-order valence-electron chi connectivity index (χ4n) is 4.24. The number of benzene rings is 3. The van der Waals surface area contributed by atoms with E-state index in [0.717, 1.165) is 22.1 Å². The lowest BCUT2D eigenvalue weighted by Gasteiger charge is -2.29. The summed E-state index contributed by atoms with van der Waals surface area (Å²) in [5.41, 5.74) is 3.58. The predicted octanol–water partition coefficient (Wildman–Crippen LogP) is 7.56. The predicted molar refractivity (Wildman–Crippen MR) is 141 cm³/mol. The summed E-state index contributed by atoms with van der Waals surface area (Å²) >= 11 is 6.37. The number of rotatable bonds is 7. The number of carboxylic acid groups (broad SMARTS) is 1. The lowest BCUT2D eigenvalue weighted by Crippen LogP contribution is -2.33. The number of ether oxygens (including phenoxy) is 3. The smallest absolute Gasteiger partial charge is 0.412 e. The second-order valence-corrected chi connectivity index (χ2v) is 8.73. The molecule has 8 heteroatoms. The number of halogens is 1. The van der Waals surface area contributed by atoms with Gasteiger partial charge >= 0.3 is 6.09 Å². The van der Waals surface area contributed by atoms with Gasteiger partial charge in [-0.25, -0.2) is 4.79 Å². The molecule has 1 aromatic heterocycles. The van der Waals surface area contributed by atoms with Crippen LogP contribution in [-0.4, -0.2) is 30.4 Å². The number of methoxy groups -OCH3 is 2. The standard InChI is InChI=1S/C28H27ClN2O5/c1-16-17(2)24(36-25-12-13-30-22-15-27(35-5)26(34-4)14-20(22)25)11-10-23(16)31(28(32)33)18(3)19-8-6-7-9-21(19)29/h6-15,18H,1-5H3,(H,32,33). The highest BCUT2D eigenvalue weighted by Gasteiger charge is 2.27. The highest BCUT2D eigenvalue weighted by Crippen LogP contribution is 2.40. The van der Waals surface area contributed by atoms with E-state index in [0.29, 0.717) is 39.2 Å². The first kappa shape index (κ1) is 25.1. The van der Waals surface area contributed by atoms with Crippen molar-refractivity contribution in [3.63, 3.8) is 0 Å². The monoisotopic (exact) mass is 506 g/mol. The average Bonchev–Trinajstić information content (AvgIpc) is 2.87. The molecule has 0 saturated carbocycles. The van der Waals surface area contributed by atoms with Gasteiger partial charge in [0.15, 0.2) is 11.5 Å². The fourth-order valence-corrected chi connectivity index (χ4v) is 4.53. The topological polar surface area (TPSA) is 81.1 Å². The third-order valence-corrected chi connectivity index (χ3v) is 6.69. The van der Waals surface area contributed by atoms with Crippen LogP contribution in [0.5, 0.6) is 23.0 Å². The Balaban J connectivity index is 1.74. The molecule has 1 N–H and O–H groups in total. The molecule has 1 heterocycles. The first-order valence-electron chi connectivity index (χ1n) is 11.3. The molecule has 3 aromatic carbocycles. The Labute approximate surface area is 214 Å². The molecule has 0 radical (unpaired) electrons. The molecule has 36 heavy (non-hydrogen) atoms. The van der Waals surface area contributed by atoms with Crippen molar-refractivity contribution in [1.82, 2.24) is 4.98 Å². The van der Waals surface area contributed by atoms with Crippen molar-refractivity contribution >= 4 is 34.3 Å². The summed E-state index contributed by atoms with van der Waals surface area (Å²) in [5.74, 6) is 2.34. The number of nitrogens with zero attached hydrogens (tertiary/aromatic N) is 2. The molecule has 0 saturated heterocycles. The van der Waals surface area contributed by atoms with E-state index in [9.17, 15) is 9.90 Å². The first-order chi connectivity index (χ1) is 17.3. The van der Waals surface area contributed by atoms with E-state index < -0.39 is 12.1 Å². The largest absolute Gasteiger partial charge is 0.493 e. The van der Waals surface area contributed by atoms with Gasteiger partial charge in [-0.15, -0.1) is 0 Å². The average molecular weight is 507 g/mol. The van der Waals surface area contributed by atoms with E-state index in [4.69, 9.17) is 25.8 Å². The minimum Gasteiger partial charge on any atom is -0.493 e. The van der Waals surface area contributed by atoms with Crippen LogP contribution in [0, 0.1) is 13.8 Å². The van der Waals surface area contributed by atoms with Crippen LogP contribution < -0.4 is 19.1 Å². The van der Waals surface area contributed by atoms with Crippen LogP contribution in [0.1, 0.15) is 29.7 Å². The second-order valence-electron chi connectivity index (χ2n) is 8.32. The molecule has 1 unspecified atom stereocenters. The Morgan fingerprint density at radius 2 is 1.64 bits per heavy atom. The first-order valence-corrected chi connectivity index (χ1v) is 11.7. The molecule has 0 aliphatic heterocycles. The maximum absolute atomic E-state index is 12.3. The Kier molecular flexibility index (Phi) is 7.22. The van der Waals surface area contributed by atoms with Gasteiger partial charge in [0.1, 0.15) is 11.5 Å². The zero-order valence-corrected chi connectivity index (χ0v) is 21.5. The minimum absolute atomic E-state index is 0.493. The number of pyridine rings is 1. The van der Waals surface area contributed by atoms with Gasteiger partial charge in [-0.05, 0) is 67.8 Å². The van der Waals surface area contributed by atoms with Crippen molar-refractivity contribution in [3.05, 3.63) is 82.5 Å². The molecule has 7 nitrogen and oxygen atoms in total. The van der Waals surface area contributed by atoms with Crippen molar-refractivity contribution in [3.8, 4) is 23.0 Å². The van der Waals surface area contributed by atoms with Crippen molar-refractivity contribution in [2.75, 3.05) is 19.1 Å². The molecule has 1 amide bonds. The number of carbonyl (C=O) groups is 1. The van der Waals surface area contributed by atoms with Crippen molar-refractivity contribution < 1.29 is 24.1 Å². The SMILES string of the molecule is COc1cc2nccc(Oc3ccc(N(C(=O)O)C(C)c4ccccc4Cl)c(C)c3C)c2cc1OC. The Hall–Kier alpha value is -3.97. The van der Waals surface area contributed by atoms with Gasteiger partial charge in [-0.3, -0.25) is 9.88 Å². The summed E-state index contributed by atoms with van der Waals surface area (Å²) in [6, 6.07) is 15.7. The van der Waals surface area contributed by atoms with Gasteiger partial charge in [-0.2, -0.15) is 0 Å². The molecule has 0 bridgehead atoms. The van der Waals surface area contributed by atoms with Crippen molar-refractivity contribution in [2.24, 2.45) is 0 Å². The molecule has 186 valence electrons. The number of fused-ring (bicyclic) bond motifs is 1. The van der Waals surface area contributed by atoms with Crippen LogP contribution in [0.4, 0.5) is 10.5 Å². The van der Waals surface area contributed by atoms with Crippen LogP contribution in [0.3, 0.4) is 0 Å². The number of anilines is 1. The van der Waals surface area contributed by atoms with Crippen LogP contribution in [0.15, 0.2) is 60.8 Å².